The van der Waals surface area contributed by atoms with Gasteiger partial charge in [0, 0.05) is 164 Å². The number of nitrogen functional groups attached to an aromatic ring is 2. The number of aliphatic hydroxyl groups excluding tert-OH is 1. The van der Waals surface area contributed by atoms with Gasteiger partial charge in [-0.1, -0.05) is 29.8 Å². The maximum atomic E-state index is 14.8. The second-order valence-electron chi connectivity index (χ2n) is 26.4. The van der Waals surface area contributed by atoms with Gasteiger partial charge in [0.2, 0.25) is 0 Å². The number of nitro benzene ring substituents is 2. The van der Waals surface area contributed by atoms with Gasteiger partial charge >= 0.3 is 9.95 Å². The molecule has 0 unspecified atom stereocenters. The fourth-order valence-electron chi connectivity index (χ4n) is 11.6. The Balaban J connectivity index is 0.000000220. The van der Waals surface area contributed by atoms with E-state index in [1.54, 1.807) is 152 Å². The van der Waals surface area contributed by atoms with Gasteiger partial charge in [-0.05, 0) is 142 Å². The van der Waals surface area contributed by atoms with Crippen LogP contribution in [0.1, 0.15) is 59.5 Å². The third-order valence-electron chi connectivity index (χ3n) is 17.5. The molecule has 5 heterocycles. The number of anilines is 2. The number of methoxy groups -OCH3 is 4. The highest BCUT2D eigenvalue weighted by atomic mass is 35.6. The summed E-state index contributed by atoms with van der Waals surface area (Å²) in [5.41, 5.74) is 15.6. The number of ether oxygens (including phenoxy) is 8. The monoisotopic (exact) mass is 1890 g/mol. The number of hydrogen-bond donors (Lipinski definition) is 8. The SMILES string of the molecule is CC(=O)OC(Cl)(Cl)Cl.CNC(=O)c1cc2c(Cl)ccnc2cc1OC.CNC(=O)c1cc2c(Oc3ccc(CC(=O)Cc4cnn(C)c4)cc3F)ccnc2cc1OC.CNC(=O)c1cc2c(Oc3ccc(N)cc3F)ccnc2cc1OC.CNC(=O)c1cc2c(Oc3ccc([N+](=O)[O-])cc3F)cccc2cc1OC.CO.Cn1cc(N)cn1.O=[N+]([O-])c1ccc(O)c(F)c1. The Kier molecular flexibility index (Phi) is 38.0. The molecule has 0 radical (unpaired) electrons. The van der Waals surface area contributed by atoms with Crippen LogP contribution in [0.3, 0.4) is 0 Å². The number of aryl methyl sites for hydroxylation is 2. The van der Waals surface area contributed by atoms with Crippen LogP contribution in [0.4, 0.5) is 40.3 Å². The average Bonchev–Trinajstić information content (AvgIpc) is 1.55. The molecule has 0 atom stereocenters. The highest BCUT2D eigenvalue weighted by molar-refractivity contribution is 6.66. The Bertz CT molecular complexity index is 6480. The van der Waals surface area contributed by atoms with Crippen LogP contribution in [0, 0.1) is 43.5 Å². The predicted molar refractivity (Wildman–Crippen MR) is 483 cm³/mol. The number of amides is 4. The Morgan fingerprint density at radius 3 is 1.24 bits per heavy atom. The van der Waals surface area contributed by atoms with Crippen molar-refractivity contribution in [1.29, 1.82) is 0 Å². The number of nitrogens with two attached hydrogens (primary N) is 2. The lowest BCUT2D eigenvalue weighted by atomic mass is 10.0. The van der Waals surface area contributed by atoms with E-state index in [1.807, 2.05) is 7.05 Å². The topological polar surface area (TPSA) is 477 Å². The van der Waals surface area contributed by atoms with E-state index in [1.165, 1.54) is 92.3 Å². The zero-order valence-corrected chi connectivity index (χ0v) is 74.4. The Labute approximate surface area is 763 Å². The number of phenols is 1. The second kappa shape index (κ2) is 48.5. The van der Waals surface area contributed by atoms with Crippen molar-refractivity contribution < 1.29 is 104 Å². The van der Waals surface area contributed by atoms with Crippen LogP contribution in [0.15, 0.2) is 201 Å². The summed E-state index contributed by atoms with van der Waals surface area (Å²) in [4.78, 5) is 103. The summed E-state index contributed by atoms with van der Waals surface area (Å²) in [6.07, 6.45) is 11.8. The summed E-state index contributed by atoms with van der Waals surface area (Å²) in [6, 6.07) is 37.5. The lowest BCUT2D eigenvalue weighted by Gasteiger charge is -2.13. The van der Waals surface area contributed by atoms with Crippen molar-refractivity contribution in [1.82, 2.24) is 55.8 Å². The van der Waals surface area contributed by atoms with Crippen LogP contribution in [-0.2, 0) is 41.3 Å². The molecule has 10 N–H and O–H groups in total. The van der Waals surface area contributed by atoms with Crippen molar-refractivity contribution in [2.45, 2.75) is 23.7 Å². The summed E-state index contributed by atoms with van der Waals surface area (Å²) < 4.78 is 99.0. The summed E-state index contributed by atoms with van der Waals surface area (Å²) in [5.74, 6) is -3.02. The van der Waals surface area contributed by atoms with Gasteiger partial charge in [-0.3, -0.25) is 73.3 Å². The van der Waals surface area contributed by atoms with Gasteiger partial charge in [0.15, 0.2) is 46.3 Å². The number of hydrogen-bond acceptors (Lipinski definition) is 27. The summed E-state index contributed by atoms with van der Waals surface area (Å²) >= 11 is 21.1. The smallest absolute Gasteiger partial charge is 0.340 e. The zero-order valence-electron chi connectivity index (χ0n) is 71.4. The van der Waals surface area contributed by atoms with E-state index in [9.17, 15) is 66.6 Å². The minimum absolute atomic E-state index is 0.00623. The number of alkyl halides is 3. The standard InChI is InChI=1S/C25H23FN4O4.C19H15FN2O5.C18H16FN3O3.C12H11ClN2O2.C6H4FNO3.C4H7N3.C3H3Cl3O2.CH4O/c1-27-25(32)19-11-18-21(12-24(19)33-3)28-7-6-22(18)34-23-5-4-15(10-20(23)26)8-17(31)9-16-13-29-30(2)14-16;1-21-19(23)14-10-13-11(8-18(14)26-2)4-3-5-16(13)27-17-7-6-12(22(24)25)9-15(17)20;1-21-18(23)12-8-11-14(9-17(12)24-2)22-6-5-15(11)25-16-4-3-10(20)7-13(16)19;1-14-12(16)8-5-7-9(13)3-4-15-10(7)6-11(8)17-2;7-5-3-4(8(10)11)1-2-6(5)9;1-7-3-4(5)2-6-7;1-2(7)8-3(4,5)6;1-2/h4-7,10-14H,8-9H2,1-3H3,(H,27,32);3-10H,1-2H3,(H,21,23);3-9H,20H2,1-2H3,(H,21,23);3-6H,1-2H3,(H,14,16);1-3,9H;2-3H,5H2,1H3;1H3;2H,1H3. The van der Waals surface area contributed by atoms with E-state index in [0.29, 0.717) is 123 Å². The number of ketones is 1. The van der Waals surface area contributed by atoms with E-state index in [2.05, 4.69) is 51.2 Å². The molecule has 131 heavy (non-hydrogen) atoms. The Morgan fingerprint density at radius 2 is 0.855 bits per heavy atom. The molecule has 5 aromatic heterocycles. The number of Topliss-reactive ketones (excluding diaryl/α,β-unsaturated/α-hetero) is 1. The molecule has 35 nitrogen and oxygen atoms in total. The van der Waals surface area contributed by atoms with Gasteiger partial charge in [-0.2, -0.15) is 10.2 Å². The van der Waals surface area contributed by atoms with Crippen LogP contribution in [0.5, 0.6) is 63.2 Å². The number of aromatic hydroxyl groups is 1. The van der Waals surface area contributed by atoms with Gasteiger partial charge < -0.3 is 80.8 Å². The number of non-ortho nitro benzene ring substituents is 2. The van der Waals surface area contributed by atoms with Gasteiger partial charge in [0.05, 0.1) is 112 Å². The molecule has 0 saturated heterocycles. The number of nitrogens with zero attached hydrogens (tertiary/aromatic N) is 9. The normalized spacial score (nSPS) is 10.3. The number of rotatable bonds is 20. The number of carbonyl (C=O) groups excluding carboxylic acids is 6. The molecule has 0 bridgehead atoms. The minimum atomic E-state index is -1.91. The van der Waals surface area contributed by atoms with Crippen LogP contribution in [-0.4, -0.2) is 158 Å². The first-order valence-electron chi connectivity index (χ1n) is 37.8. The number of aliphatic hydroxyl groups is 1. The number of nitrogens with one attached hydrogen (secondary N) is 4. The van der Waals surface area contributed by atoms with Crippen molar-refractivity contribution in [3.05, 3.63) is 283 Å². The van der Waals surface area contributed by atoms with Gasteiger partial charge in [-0.25, -0.2) is 17.6 Å². The highest BCUT2D eigenvalue weighted by Crippen LogP contribution is 2.40. The molecule has 0 aliphatic heterocycles. The summed E-state index contributed by atoms with van der Waals surface area (Å²) in [5, 5.41) is 58.1. The molecule has 4 amide bonds. The van der Waals surface area contributed by atoms with E-state index >= 15 is 0 Å². The number of fused-ring (bicyclic) bond motifs is 4. The first-order valence-corrected chi connectivity index (χ1v) is 39.3. The summed E-state index contributed by atoms with van der Waals surface area (Å²) in [6.45, 7) is 1.15. The van der Waals surface area contributed by atoms with Crippen molar-refractivity contribution in [3.8, 4) is 63.2 Å². The third kappa shape index (κ3) is 29.0. The van der Waals surface area contributed by atoms with E-state index < -0.39 is 48.8 Å². The number of nitro groups is 2. The Morgan fingerprint density at radius 1 is 0.458 bits per heavy atom. The molecule has 14 aromatic rings. The lowest BCUT2D eigenvalue weighted by molar-refractivity contribution is -0.385. The zero-order chi connectivity index (χ0) is 96.7. The van der Waals surface area contributed by atoms with Crippen LogP contribution >= 0.6 is 46.4 Å². The first kappa shape index (κ1) is 103. The molecule has 0 aliphatic rings. The maximum Gasteiger partial charge on any atom is 0.340 e. The first-order chi connectivity index (χ1) is 62.3. The largest absolute Gasteiger partial charge is 0.505 e. The molecule has 43 heteroatoms. The molecule has 14 rings (SSSR count). The second-order valence-corrected chi connectivity index (χ2v) is 29.0. The number of benzene rings is 9. The maximum absolute atomic E-state index is 14.8. The highest BCUT2D eigenvalue weighted by Gasteiger charge is 2.25. The Hall–Kier alpha value is -15.5. The molecule has 0 spiro atoms. The quantitative estimate of drug-likeness (QED) is 0.00877. The van der Waals surface area contributed by atoms with Crippen molar-refractivity contribution in [3.63, 3.8) is 0 Å². The van der Waals surface area contributed by atoms with Crippen molar-refractivity contribution in [2.75, 3.05) is 75.2 Å². The number of carbonyl (C=O) groups is 6. The molecule has 686 valence electrons. The van der Waals surface area contributed by atoms with Gasteiger partial charge in [0.25, 0.3) is 35.0 Å². The predicted octanol–water partition coefficient (Wildman–Crippen LogP) is 16.0. The van der Waals surface area contributed by atoms with Crippen LogP contribution in [0.25, 0.3) is 43.5 Å². The molecular weight excluding hydrogens is 1800 g/mol. The number of esters is 1. The van der Waals surface area contributed by atoms with Crippen LogP contribution in [0.2, 0.25) is 5.02 Å². The average molecular weight is 1890 g/mol. The van der Waals surface area contributed by atoms with Gasteiger partial charge in [0.1, 0.15) is 46.0 Å². The van der Waals surface area contributed by atoms with Gasteiger partial charge in [-0.15, -0.1) is 0 Å². The fraction of sp³-hybridized carbons (Fsp3) is 0.170. The summed E-state index contributed by atoms with van der Waals surface area (Å²) in [7, 11) is 16.6. The molecule has 0 fully saturated rings. The fourth-order valence-corrected chi connectivity index (χ4v) is 12.1. The number of phenolic OH excluding ortho intramolecular Hbond substituents is 1. The number of halogens is 8. The molecule has 0 aliphatic carbocycles. The van der Waals surface area contributed by atoms with Crippen molar-refractivity contribution in [2.24, 2.45) is 14.1 Å². The lowest BCUT2D eigenvalue weighted by Crippen LogP contribution is -2.18. The van der Waals surface area contributed by atoms with E-state index in [0.717, 1.165) is 54.6 Å². The third-order valence-corrected chi connectivity index (χ3v) is 18.1. The van der Waals surface area contributed by atoms with E-state index in [-0.39, 0.29) is 70.9 Å². The minimum Gasteiger partial charge on any atom is -0.505 e. The number of aromatic nitrogens is 7. The number of pyridine rings is 3. The van der Waals surface area contributed by atoms with Crippen LogP contribution < -0.4 is 65.9 Å². The molecule has 0 saturated carbocycles. The van der Waals surface area contributed by atoms with Crippen molar-refractivity contribution >= 4 is 148 Å². The van der Waals surface area contributed by atoms with E-state index in [4.69, 9.17) is 101 Å². The molecular formula is C88H83Cl4F4N15O20. The molecule has 9 aromatic carbocycles.